The molecule has 0 atom stereocenters. The average molecular weight is 264 g/mol. The molecule has 4 nitrogen and oxygen atoms in total. The molecule has 20 heavy (non-hydrogen) atoms. The maximum absolute atomic E-state index is 10.5. The van der Waals surface area contributed by atoms with Gasteiger partial charge in [-0.3, -0.25) is 15.1 Å². The smallest absolute Gasteiger partial charge is 0.269 e. The summed E-state index contributed by atoms with van der Waals surface area (Å²) in [5.41, 5.74) is 1.84. The van der Waals surface area contributed by atoms with Crippen molar-refractivity contribution in [2.75, 3.05) is 6.54 Å². The maximum Gasteiger partial charge on any atom is 0.269 e. The van der Waals surface area contributed by atoms with Crippen LogP contribution in [-0.2, 0) is 0 Å². The van der Waals surface area contributed by atoms with Crippen LogP contribution >= 0.6 is 0 Å². The molecule has 0 aliphatic rings. The fraction of sp³-hybridized carbons (Fsp3) is 0.0625. The second kappa shape index (κ2) is 6.86. The Labute approximate surface area is 116 Å². The predicted octanol–water partition coefficient (Wildman–Crippen LogP) is 3.07. The SMILES string of the molecule is O=[N+]([O-])c1ccc(C#CC/N=C/c2ccccc2)cc1. The van der Waals surface area contributed by atoms with Gasteiger partial charge in [0, 0.05) is 23.9 Å². The highest BCUT2D eigenvalue weighted by Crippen LogP contribution is 2.10. The first-order valence-electron chi connectivity index (χ1n) is 6.04. The van der Waals surface area contributed by atoms with E-state index in [-0.39, 0.29) is 5.69 Å². The maximum atomic E-state index is 10.5. The Morgan fingerprint density at radius 2 is 1.80 bits per heavy atom. The van der Waals surface area contributed by atoms with Crippen LogP contribution < -0.4 is 0 Å². The number of benzene rings is 2. The van der Waals surface area contributed by atoms with E-state index in [1.807, 2.05) is 30.3 Å². The van der Waals surface area contributed by atoms with Gasteiger partial charge in [0.25, 0.3) is 5.69 Å². The van der Waals surface area contributed by atoms with Crippen molar-refractivity contribution in [2.45, 2.75) is 0 Å². The molecule has 0 spiro atoms. The van der Waals surface area contributed by atoms with E-state index in [1.165, 1.54) is 12.1 Å². The van der Waals surface area contributed by atoms with Crippen molar-refractivity contribution in [3.63, 3.8) is 0 Å². The van der Waals surface area contributed by atoms with Crippen LogP contribution in [0.25, 0.3) is 0 Å². The Hall–Kier alpha value is -2.93. The Morgan fingerprint density at radius 1 is 1.10 bits per heavy atom. The zero-order valence-electron chi connectivity index (χ0n) is 10.7. The predicted molar refractivity (Wildman–Crippen MR) is 78.9 cm³/mol. The van der Waals surface area contributed by atoms with Gasteiger partial charge in [-0.2, -0.15) is 0 Å². The Balaban J connectivity index is 1.91. The van der Waals surface area contributed by atoms with Crippen LogP contribution in [0.2, 0.25) is 0 Å². The van der Waals surface area contributed by atoms with Crippen LogP contribution in [0, 0.1) is 22.0 Å². The van der Waals surface area contributed by atoms with Crippen molar-refractivity contribution < 1.29 is 4.92 Å². The standard InChI is InChI=1S/C16H12N2O2/c19-18(20)16-10-8-14(9-11-16)7-4-12-17-13-15-5-2-1-3-6-15/h1-3,5-6,8-11,13H,12H2/b17-13+. The van der Waals surface area contributed by atoms with Gasteiger partial charge in [0.05, 0.1) is 4.92 Å². The number of hydrogen-bond donors (Lipinski definition) is 0. The van der Waals surface area contributed by atoms with Crippen LogP contribution in [0.4, 0.5) is 5.69 Å². The second-order valence-electron chi connectivity index (χ2n) is 3.99. The summed E-state index contributed by atoms with van der Waals surface area (Å²) >= 11 is 0. The first-order valence-corrected chi connectivity index (χ1v) is 6.04. The van der Waals surface area contributed by atoms with E-state index in [1.54, 1.807) is 18.3 Å². The second-order valence-corrected chi connectivity index (χ2v) is 3.99. The molecular formula is C16H12N2O2. The fourth-order valence-electron chi connectivity index (χ4n) is 1.54. The topological polar surface area (TPSA) is 55.5 Å². The molecule has 2 aromatic carbocycles. The summed E-state index contributed by atoms with van der Waals surface area (Å²) in [6.45, 7) is 0.395. The number of nitro benzene ring substituents is 1. The summed E-state index contributed by atoms with van der Waals surface area (Å²) in [4.78, 5) is 14.3. The minimum Gasteiger partial charge on any atom is -0.280 e. The van der Waals surface area contributed by atoms with E-state index in [9.17, 15) is 10.1 Å². The lowest BCUT2D eigenvalue weighted by Gasteiger charge is -1.91. The molecule has 0 aliphatic heterocycles. The summed E-state index contributed by atoms with van der Waals surface area (Å²) in [7, 11) is 0. The molecule has 2 rings (SSSR count). The molecule has 0 N–H and O–H groups in total. The van der Waals surface area contributed by atoms with Gasteiger partial charge in [0.1, 0.15) is 6.54 Å². The van der Waals surface area contributed by atoms with Gasteiger partial charge >= 0.3 is 0 Å². The number of aliphatic imine (C=N–C) groups is 1. The molecule has 0 heterocycles. The Morgan fingerprint density at radius 3 is 2.45 bits per heavy atom. The van der Waals surface area contributed by atoms with Gasteiger partial charge in [0.2, 0.25) is 0 Å². The fourth-order valence-corrected chi connectivity index (χ4v) is 1.54. The molecule has 0 unspecified atom stereocenters. The summed E-state index contributed by atoms with van der Waals surface area (Å²) in [6, 6.07) is 15.9. The molecule has 0 saturated heterocycles. The van der Waals surface area contributed by atoms with Crippen molar-refractivity contribution >= 4 is 11.9 Å². The number of nitrogens with zero attached hydrogens (tertiary/aromatic N) is 2. The lowest BCUT2D eigenvalue weighted by molar-refractivity contribution is -0.384. The zero-order valence-corrected chi connectivity index (χ0v) is 10.7. The molecule has 0 aliphatic carbocycles. The number of hydrogen-bond acceptors (Lipinski definition) is 3. The first kappa shape index (κ1) is 13.5. The third kappa shape index (κ3) is 4.07. The minimum atomic E-state index is -0.429. The largest absolute Gasteiger partial charge is 0.280 e. The molecular weight excluding hydrogens is 252 g/mol. The molecule has 0 aromatic heterocycles. The van der Waals surface area contributed by atoms with E-state index in [2.05, 4.69) is 16.8 Å². The lowest BCUT2D eigenvalue weighted by atomic mass is 10.2. The lowest BCUT2D eigenvalue weighted by Crippen LogP contribution is -1.87. The first-order chi connectivity index (χ1) is 9.75. The van der Waals surface area contributed by atoms with Gasteiger partial charge in [-0.25, -0.2) is 0 Å². The molecule has 0 fully saturated rings. The highest BCUT2D eigenvalue weighted by atomic mass is 16.6. The minimum absolute atomic E-state index is 0.0673. The van der Waals surface area contributed by atoms with Gasteiger partial charge in [-0.15, -0.1) is 0 Å². The average Bonchev–Trinajstić information content (AvgIpc) is 2.48. The Kier molecular flexibility index (Phi) is 4.63. The highest BCUT2D eigenvalue weighted by Gasteiger charge is 2.01. The molecule has 0 saturated carbocycles. The summed E-state index contributed by atoms with van der Waals surface area (Å²) < 4.78 is 0. The molecule has 4 heteroatoms. The summed E-state index contributed by atoms with van der Waals surface area (Å²) in [5.74, 6) is 5.81. The van der Waals surface area contributed by atoms with Crippen molar-refractivity contribution in [3.8, 4) is 11.8 Å². The number of nitro groups is 1. The van der Waals surface area contributed by atoms with Gasteiger partial charge in [-0.1, -0.05) is 42.2 Å². The number of non-ortho nitro benzene ring substituents is 1. The van der Waals surface area contributed by atoms with Crippen LogP contribution in [0.5, 0.6) is 0 Å². The normalized spacial score (nSPS) is 10.0. The van der Waals surface area contributed by atoms with E-state index in [0.29, 0.717) is 6.54 Å². The van der Waals surface area contributed by atoms with Crippen LogP contribution in [-0.4, -0.2) is 17.7 Å². The van der Waals surface area contributed by atoms with Crippen molar-refractivity contribution in [3.05, 3.63) is 75.8 Å². The van der Waals surface area contributed by atoms with E-state index in [4.69, 9.17) is 0 Å². The van der Waals surface area contributed by atoms with Gasteiger partial charge < -0.3 is 0 Å². The van der Waals surface area contributed by atoms with E-state index >= 15 is 0 Å². The van der Waals surface area contributed by atoms with Crippen LogP contribution in [0.1, 0.15) is 11.1 Å². The zero-order chi connectivity index (χ0) is 14.2. The van der Waals surface area contributed by atoms with Crippen LogP contribution in [0.3, 0.4) is 0 Å². The molecule has 98 valence electrons. The van der Waals surface area contributed by atoms with Gasteiger partial charge in [0.15, 0.2) is 0 Å². The molecule has 0 bridgehead atoms. The Bertz CT molecular complexity index is 665. The summed E-state index contributed by atoms with van der Waals surface area (Å²) in [6.07, 6.45) is 1.77. The molecule has 0 radical (unpaired) electrons. The van der Waals surface area contributed by atoms with Crippen molar-refractivity contribution in [1.82, 2.24) is 0 Å². The summed E-state index contributed by atoms with van der Waals surface area (Å²) in [5, 5.41) is 10.5. The van der Waals surface area contributed by atoms with Crippen LogP contribution in [0.15, 0.2) is 59.6 Å². The quantitative estimate of drug-likeness (QED) is 0.370. The molecule has 2 aromatic rings. The number of rotatable bonds is 3. The third-order valence-corrected chi connectivity index (χ3v) is 2.52. The van der Waals surface area contributed by atoms with Crippen molar-refractivity contribution in [2.24, 2.45) is 4.99 Å². The molecule has 0 amide bonds. The van der Waals surface area contributed by atoms with Gasteiger partial charge in [-0.05, 0) is 17.7 Å². The highest BCUT2D eigenvalue weighted by molar-refractivity contribution is 5.79. The third-order valence-electron chi connectivity index (χ3n) is 2.52. The van der Waals surface area contributed by atoms with Crippen molar-refractivity contribution in [1.29, 1.82) is 0 Å². The van der Waals surface area contributed by atoms with E-state index < -0.39 is 4.92 Å². The van der Waals surface area contributed by atoms with E-state index in [0.717, 1.165) is 11.1 Å². The monoisotopic (exact) mass is 264 g/mol.